The molecule has 0 aliphatic heterocycles. The fraction of sp³-hybridized carbons (Fsp3) is 0.143. The van der Waals surface area contributed by atoms with Gasteiger partial charge >= 0.3 is 0 Å². The number of halogens is 4. The normalized spacial score (nSPS) is 12.5. The molecule has 0 aliphatic carbocycles. The summed E-state index contributed by atoms with van der Waals surface area (Å²) in [6.45, 7) is 0. The van der Waals surface area contributed by atoms with Crippen LogP contribution in [0.15, 0.2) is 45.3 Å². The lowest BCUT2D eigenvalue weighted by molar-refractivity contribution is 0.176. The van der Waals surface area contributed by atoms with Crippen molar-refractivity contribution < 1.29 is 9.50 Å². The molecule has 0 spiro atoms. The second-order valence-corrected chi connectivity index (χ2v) is 7.12. The molecule has 0 saturated heterocycles. The van der Waals surface area contributed by atoms with Gasteiger partial charge in [0.15, 0.2) is 0 Å². The number of rotatable bonds is 3. The highest BCUT2D eigenvalue weighted by atomic mass is 127. The van der Waals surface area contributed by atoms with Crippen LogP contribution >= 0.6 is 54.5 Å². The number of aliphatic hydroxyl groups is 1. The van der Waals surface area contributed by atoms with E-state index in [1.54, 1.807) is 12.1 Å². The summed E-state index contributed by atoms with van der Waals surface area (Å²) >= 11 is 8.86. The van der Waals surface area contributed by atoms with Crippen molar-refractivity contribution in [2.45, 2.75) is 12.5 Å². The van der Waals surface area contributed by atoms with Crippen molar-refractivity contribution in [2.75, 3.05) is 0 Å². The molecule has 0 saturated carbocycles. The Hall–Kier alpha value is 0.0200. The molecule has 19 heavy (non-hydrogen) atoms. The van der Waals surface area contributed by atoms with E-state index in [1.165, 1.54) is 6.07 Å². The predicted molar refractivity (Wildman–Crippen MR) is 89.6 cm³/mol. The molecule has 0 aromatic heterocycles. The second-order valence-electron chi connectivity index (χ2n) is 4.12. The van der Waals surface area contributed by atoms with Gasteiger partial charge in [-0.1, -0.05) is 31.9 Å². The number of aliphatic hydroxyl groups excluding tert-OH is 1. The molecule has 2 aromatic carbocycles. The minimum Gasteiger partial charge on any atom is -0.388 e. The van der Waals surface area contributed by atoms with E-state index < -0.39 is 6.10 Å². The molecule has 0 amide bonds. The smallest absolute Gasteiger partial charge is 0.126 e. The van der Waals surface area contributed by atoms with Crippen molar-refractivity contribution in [3.05, 3.63) is 65.9 Å². The second kappa shape index (κ2) is 6.65. The lowest BCUT2D eigenvalue weighted by atomic mass is 10.0. The zero-order valence-electron chi connectivity index (χ0n) is 9.71. The Bertz CT molecular complexity index is 604. The van der Waals surface area contributed by atoms with Crippen LogP contribution in [0.3, 0.4) is 0 Å². The van der Waals surface area contributed by atoms with Crippen LogP contribution in [0, 0.1) is 9.39 Å². The molecule has 1 unspecified atom stereocenters. The van der Waals surface area contributed by atoms with Gasteiger partial charge in [0.1, 0.15) is 5.82 Å². The predicted octanol–water partition coefficient (Wildman–Crippen LogP) is 5.23. The van der Waals surface area contributed by atoms with Crippen molar-refractivity contribution in [2.24, 2.45) is 0 Å². The molecule has 5 heteroatoms. The zero-order valence-corrected chi connectivity index (χ0v) is 15.0. The summed E-state index contributed by atoms with van der Waals surface area (Å²) in [6, 6.07) is 10.4. The molecular formula is C14H10Br2FIO. The molecular weight excluding hydrogens is 490 g/mol. The summed E-state index contributed by atoms with van der Waals surface area (Å²) in [4.78, 5) is 0. The Morgan fingerprint density at radius 2 is 1.74 bits per heavy atom. The highest BCUT2D eigenvalue weighted by molar-refractivity contribution is 14.1. The lowest BCUT2D eigenvalue weighted by Crippen LogP contribution is -2.05. The summed E-state index contributed by atoms with van der Waals surface area (Å²) in [5.41, 5.74) is 1.30. The highest BCUT2D eigenvalue weighted by Gasteiger charge is 2.15. The molecule has 1 atom stereocenters. The van der Waals surface area contributed by atoms with E-state index in [0.717, 1.165) is 18.1 Å². The molecule has 100 valence electrons. The lowest BCUT2D eigenvalue weighted by Gasteiger charge is -2.14. The van der Waals surface area contributed by atoms with Gasteiger partial charge in [0.25, 0.3) is 0 Å². The molecule has 0 fully saturated rings. The fourth-order valence-corrected chi connectivity index (χ4v) is 3.27. The maximum atomic E-state index is 13.7. The maximum absolute atomic E-state index is 13.7. The van der Waals surface area contributed by atoms with Gasteiger partial charge in [-0.05, 0) is 70.1 Å². The zero-order chi connectivity index (χ0) is 14.0. The van der Waals surface area contributed by atoms with Crippen molar-refractivity contribution >= 4 is 54.5 Å². The third kappa shape index (κ3) is 4.00. The van der Waals surface area contributed by atoms with E-state index in [2.05, 4.69) is 54.5 Å². The molecule has 1 N–H and O–H groups in total. The largest absolute Gasteiger partial charge is 0.388 e. The SMILES string of the molecule is OC(Cc1cc(Br)ccc1F)c1cc(Br)ccc1I. The number of benzene rings is 2. The topological polar surface area (TPSA) is 20.2 Å². The van der Waals surface area contributed by atoms with Crippen molar-refractivity contribution in [3.63, 3.8) is 0 Å². The summed E-state index contributed by atoms with van der Waals surface area (Å²) in [7, 11) is 0. The fourth-order valence-electron chi connectivity index (χ4n) is 1.79. The first-order valence-corrected chi connectivity index (χ1v) is 8.21. The minimum atomic E-state index is -0.729. The summed E-state index contributed by atoms with van der Waals surface area (Å²) in [6.07, 6.45) is -0.481. The number of hydrogen-bond donors (Lipinski definition) is 1. The van der Waals surface area contributed by atoms with Gasteiger partial charge < -0.3 is 5.11 Å². The summed E-state index contributed by atoms with van der Waals surface area (Å²) < 4.78 is 16.3. The summed E-state index contributed by atoms with van der Waals surface area (Å²) in [5, 5.41) is 10.3. The summed E-state index contributed by atoms with van der Waals surface area (Å²) in [5.74, 6) is -0.299. The first-order chi connectivity index (χ1) is 8.97. The molecule has 0 heterocycles. The van der Waals surface area contributed by atoms with Crippen molar-refractivity contribution in [3.8, 4) is 0 Å². The van der Waals surface area contributed by atoms with E-state index in [4.69, 9.17) is 0 Å². The van der Waals surface area contributed by atoms with E-state index in [0.29, 0.717) is 5.56 Å². The van der Waals surface area contributed by atoms with Crippen molar-refractivity contribution in [1.29, 1.82) is 0 Å². The first-order valence-electron chi connectivity index (χ1n) is 5.54. The maximum Gasteiger partial charge on any atom is 0.126 e. The molecule has 2 aromatic rings. The van der Waals surface area contributed by atoms with Gasteiger partial charge in [0.2, 0.25) is 0 Å². The van der Waals surface area contributed by atoms with Gasteiger partial charge in [-0.25, -0.2) is 4.39 Å². The van der Waals surface area contributed by atoms with Crippen molar-refractivity contribution in [1.82, 2.24) is 0 Å². The van der Waals surface area contributed by atoms with Crippen LogP contribution in [0.4, 0.5) is 4.39 Å². The van der Waals surface area contributed by atoms with Gasteiger partial charge in [0, 0.05) is 18.9 Å². The van der Waals surface area contributed by atoms with E-state index >= 15 is 0 Å². The first kappa shape index (κ1) is 15.4. The average molecular weight is 500 g/mol. The van der Waals surface area contributed by atoms with E-state index in [-0.39, 0.29) is 12.2 Å². The van der Waals surface area contributed by atoms with Crippen LogP contribution in [0.25, 0.3) is 0 Å². The average Bonchev–Trinajstić information content (AvgIpc) is 2.36. The Morgan fingerprint density at radius 1 is 1.11 bits per heavy atom. The Kier molecular flexibility index (Phi) is 5.39. The van der Waals surface area contributed by atoms with Crippen LogP contribution in [0.2, 0.25) is 0 Å². The molecule has 1 nitrogen and oxygen atoms in total. The van der Waals surface area contributed by atoms with Crippen LogP contribution in [0.5, 0.6) is 0 Å². The molecule has 2 rings (SSSR count). The van der Waals surface area contributed by atoms with Crippen LogP contribution < -0.4 is 0 Å². The third-order valence-corrected chi connectivity index (χ3v) is 4.71. The third-order valence-electron chi connectivity index (χ3n) is 2.74. The number of hydrogen-bond acceptors (Lipinski definition) is 1. The minimum absolute atomic E-state index is 0.248. The Labute approximate surface area is 141 Å². The van der Waals surface area contributed by atoms with Gasteiger partial charge in [-0.2, -0.15) is 0 Å². The van der Waals surface area contributed by atoms with Crippen LogP contribution in [-0.2, 0) is 6.42 Å². The monoisotopic (exact) mass is 498 g/mol. The molecule has 0 bridgehead atoms. The van der Waals surface area contributed by atoms with Crippen LogP contribution in [-0.4, -0.2) is 5.11 Å². The Morgan fingerprint density at radius 3 is 2.47 bits per heavy atom. The molecule has 0 aliphatic rings. The molecule has 0 radical (unpaired) electrons. The quantitative estimate of drug-likeness (QED) is 0.573. The van der Waals surface area contributed by atoms with E-state index in [9.17, 15) is 9.50 Å². The highest BCUT2D eigenvalue weighted by Crippen LogP contribution is 2.28. The van der Waals surface area contributed by atoms with E-state index in [1.807, 2.05) is 18.2 Å². The van der Waals surface area contributed by atoms with Gasteiger partial charge in [-0.3, -0.25) is 0 Å². The van der Waals surface area contributed by atoms with Crippen LogP contribution in [0.1, 0.15) is 17.2 Å². The van der Waals surface area contributed by atoms with Gasteiger partial charge in [-0.15, -0.1) is 0 Å². The van der Waals surface area contributed by atoms with Gasteiger partial charge in [0.05, 0.1) is 6.10 Å². The Balaban J connectivity index is 2.27. The standard InChI is InChI=1S/C14H10Br2FIO/c15-9-1-3-12(17)8(5-9)6-14(19)11-7-10(16)2-4-13(11)18/h1-5,7,14,19H,6H2.